The number of hydrogen-bond donors (Lipinski definition) is 2. The fraction of sp³-hybridized carbons (Fsp3) is 0.300. The Bertz CT molecular complexity index is 494. The third-order valence-electron chi connectivity index (χ3n) is 2.15. The van der Waals surface area contributed by atoms with Crippen molar-refractivity contribution < 1.29 is 10.2 Å². The number of azide groups is 1. The number of halogens is 1. The van der Waals surface area contributed by atoms with E-state index in [9.17, 15) is 10.2 Å². The van der Waals surface area contributed by atoms with E-state index < -0.39 is 12.2 Å². The average molecular weight is 253 g/mol. The van der Waals surface area contributed by atoms with E-state index in [1.54, 1.807) is 0 Å². The molecule has 2 N–H and O–H groups in total. The van der Waals surface area contributed by atoms with Crippen LogP contribution in [0, 0.1) is 11.3 Å². The van der Waals surface area contributed by atoms with Gasteiger partial charge in [-0.2, -0.15) is 5.26 Å². The molecule has 0 spiro atoms. The van der Waals surface area contributed by atoms with E-state index in [-0.39, 0.29) is 17.1 Å². The van der Waals surface area contributed by atoms with Gasteiger partial charge in [0.1, 0.15) is 12.2 Å². The molecule has 1 aromatic carbocycles. The Labute approximate surface area is 102 Å². The van der Waals surface area contributed by atoms with Crippen LogP contribution >= 0.6 is 11.6 Å². The van der Waals surface area contributed by atoms with Crippen LogP contribution in [0.3, 0.4) is 0 Å². The predicted molar refractivity (Wildman–Crippen MR) is 61.1 cm³/mol. The van der Waals surface area contributed by atoms with Gasteiger partial charge in [-0.05, 0) is 23.2 Å². The molecule has 0 aliphatic rings. The summed E-state index contributed by atoms with van der Waals surface area (Å²) in [6.45, 7) is -0.241. The quantitative estimate of drug-likeness (QED) is 0.485. The van der Waals surface area contributed by atoms with Crippen LogP contribution in [0.4, 0.5) is 0 Å². The van der Waals surface area contributed by atoms with Gasteiger partial charge in [-0.15, -0.1) is 0 Å². The average Bonchev–Trinajstić information content (AvgIpc) is 2.34. The highest BCUT2D eigenvalue weighted by Gasteiger charge is 2.18. The maximum atomic E-state index is 9.73. The van der Waals surface area contributed by atoms with Crippen molar-refractivity contribution in [1.29, 1.82) is 5.26 Å². The highest BCUT2D eigenvalue weighted by Crippen LogP contribution is 2.23. The Balaban J connectivity index is 2.89. The van der Waals surface area contributed by atoms with E-state index >= 15 is 0 Å². The molecule has 1 aromatic rings. The van der Waals surface area contributed by atoms with Gasteiger partial charge in [-0.25, -0.2) is 0 Å². The first kappa shape index (κ1) is 13.3. The standard InChI is InChI=1S/C10H9ClN4O2/c11-8-3-6(1-2-7(8)4-12)10(17)9(16)5-14-15-13/h1-3,9-10,16-17H,5H2. The van der Waals surface area contributed by atoms with E-state index in [0.717, 1.165) is 0 Å². The minimum Gasteiger partial charge on any atom is -0.390 e. The summed E-state index contributed by atoms with van der Waals surface area (Å²) in [5, 5.41) is 31.3. The van der Waals surface area contributed by atoms with Crippen LogP contribution in [0.5, 0.6) is 0 Å². The SMILES string of the molecule is N#Cc1ccc(C(O)C(O)CN=[N+]=[N-])cc1Cl. The Kier molecular flexibility index (Phi) is 4.76. The van der Waals surface area contributed by atoms with Crippen LogP contribution in [0.15, 0.2) is 23.3 Å². The molecular formula is C10H9ClN4O2. The van der Waals surface area contributed by atoms with Crippen molar-refractivity contribution >= 4 is 11.6 Å². The second kappa shape index (κ2) is 6.09. The van der Waals surface area contributed by atoms with Gasteiger partial charge in [-0.1, -0.05) is 22.8 Å². The number of benzene rings is 1. The number of aliphatic hydroxyl groups excluding tert-OH is 2. The number of nitrogens with zero attached hydrogens (tertiary/aromatic N) is 4. The zero-order valence-corrected chi connectivity index (χ0v) is 9.41. The topological polar surface area (TPSA) is 113 Å². The van der Waals surface area contributed by atoms with Crippen LogP contribution in [-0.2, 0) is 0 Å². The van der Waals surface area contributed by atoms with Gasteiger partial charge in [0, 0.05) is 4.91 Å². The molecule has 0 saturated carbocycles. The molecular weight excluding hydrogens is 244 g/mol. The van der Waals surface area contributed by atoms with Crippen molar-refractivity contribution in [3.8, 4) is 6.07 Å². The molecule has 0 heterocycles. The minimum atomic E-state index is -1.22. The largest absolute Gasteiger partial charge is 0.390 e. The number of rotatable bonds is 4. The molecule has 6 nitrogen and oxygen atoms in total. The normalized spacial score (nSPS) is 13.3. The summed E-state index contributed by atoms with van der Waals surface area (Å²) in [6.07, 6.45) is -2.43. The van der Waals surface area contributed by atoms with Crippen molar-refractivity contribution in [3.63, 3.8) is 0 Å². The van der Waals surface area contributed by atoms with Gasteiger partial charge in [-0.3, -0.25) is 0 Å². The smallest absolute Gasteiger partial charge is 0.105 e. The van der Waals surface area contributed by atoms with E-state index in [4.69, 9.17) is 22.4 Å². The summed E-state index contributed by atoms with van der Waals surface area (Å²) < 4.78 is 0. The Morgan fingerprint density at radius 3 is 2.76 bits per heavy atom. The van der Waals surface area contributed by atoms with Gasteiger partial charge in [0.25, 0.3) is 0 Å². The molecule has 0 aromatic heterocycles. The summed E-state index contributed by atoms with van der Waals surface area (Å²) in [7, 11) is 0. The molecule has 88 valence electrons. The fourth-order valence-corrected chi connectivity index (χ4v) is 1.48. The Morgan fingerprint density at radius 2 is 2.24 bits per heavy atom. The monoisotopic (exact) mass is 252 g/mol. The predicted octanol–water partition coefficient (Wildman–Crippen LogP) is 1.92. The highest BCUT2D eigenvalue weighted by atomic mass is 35.5. The summed E-state index contributed by atoms with van der Waals surface area (Å²) in [5.74, 6) is 0. The van der Waals surface area contributed by atoms with Crippen molar-refractivity contribution in [2.24, 2.45) is 5.11 Å². The second-order valence-electron chi connectivity index (χ2n) is 3.28. The van der Waals surface area contributed by atoms with Crippen LogP contribution < -0.4 is 0 Å². The van der Waals surface area contributed by atoms with Gasteiger partial charge >= 0.3 is 0 Å². The van der Waals surface area contributed by atoms with E-state index in [1.807, 2.05) is 6.07 Å². The van der Waals surface area contributed by atoms with E-state index in [0.29, 0.717) is 5.56 Å². The maximum Gasteiger partial charge on any atom is 0.105 e. The van der Waals surface area contributed by atoms with Crippen LogP contribution in [0.25, 0.3) is 10.4 Å². The lowest BCUT2D eigenvalue weighted by atomic mass is 10.0. The lowest BCUT2D eigenvalue weighted by Crippen LogP contribution is -2.21. The van der Waals surface area contributed by atoms with E-state index in [2.05, 4.69) is 10.0 Å². The maximum absolute atomic E-state index is 9.73. The molecule has 0 bridgehead atoms. The van der Waals surface area contributed by atoms with Crippen LogP contribution in [0.2, 0.25) is 5.02 Å². The molecule has 7 heteroatoms. The molecule has 0 amide bonds. The van der Waals surface area contributed by atoms with Gasteiger partial charge in [0.15, 0.2) is 0 Å². The highest BCUT2D eigenvalue weighted by molar-refractivity contribution is 6.31. The minimum absolute atomic E-state index is 0.194. The van der Waals surface area contributed by atoms with Crippen molar-refractivity contribution in [1.82, 2.24) is 0 Å². The second-order valence-corrected chi connectivity index (χ2v) is 3.68. The molecule has 0 saturated heterocycles. The summed E-state index contributed by atoms with van der Waals surface area (Å²) in [6, 6.07) is 6.20. The summed E-state index contributed by atoms with van der Waals surface area (Å²) in [5.41, 5.74) is 8.73. The first-order chi connectivity index (χ1) is 8.10. The number of hydrogen-bond acceptors (Lipinski definition) is 4. The third kappa shape index (κ3) is 3.34. The summed E-state index contributed by atoms with van der Waals surface area (Å²) >= 11 is 5.79. The van der Waals surface area contributed by atoms with Crippen molar-refractivity contribution in [2.45, 2.75) is 12.2 Å². The lowest BCUT2D eigenvalue weighted by Gasteiger charge is -2.16. The molecule has 0 aliphatic heterocycles. The molecule has 0 fully saturated rings. The molecule has 1 rings (SSSR count). The zero-order chi connectivity index (χ0) is 12.8. The van der Waals surface area contributed by atoms with Crippen molar-refractivity contribution in [2.75, 3.05) is 6.54 Å². The number of nitriles is 1. The molecule has 0 aliphatic carbocycles. The van der Waals surface area contributed by atoms with Crippen molar-refractivity contribution in [3.05, 3.63) is 44.8 Å². The molecule has 2 unspecified atom stereocenters. The Morgan fingerprint density at radius 1 is 1.53 bits per heavy atom. The first-order valence-electron chi connectivity index (χ1n) is 4.66. The fourth-order valence-electron chi connectivity index (χ4n) is 1.25. The third-order valence-corrected chi connectivity index (χ3v) is 2.46. The van der Waals surface area contributed by atoms with Crippen LogP contribution in [0.1, 0.15) is 17.2 Å². The van der Waals surface area contributed by atoms with Gasteiger partial charge < -0.3 is 10.2 Å². The van der Waals surface area contributed by atoms with Crippen LogP contribution in [-0.4, -0.2) is 22.9 Å². The number of aliphatic hydroxyl groups is 2. The molecule has 17 heavy (non-hydrogen) atoms. The van der Waals surface area contributed by atoms with E-state index in [1.165, 1.54) is 18.2 Å². The van der Waals surface area contributed by atoms with Gasteiger partial charge in [0.05, 0.1) is 23.2 Å². The molecule has 0 radical (unpaired) electrons. The zero-order valence-electron chi connectivity index (χ0n) is 8.66. The summed E-state index contributed by atoms with van der Waals surface area (Å²) in [4.78, 5) is 2.48. The first-order valence-corrected chi connectivity index (χ1v) is 5.04. The lowest BCUT2D eigenvalue weighted by molar-refractivity contribution is 0.0244. The Hall–Kier alpha value is -1.77. The van der Waals surface area contributed by atoms with Gasteiger partial charge in [0.2, 0.25) is 0 Å². The molecule has 2 atom stereocenters.